The largest absolute Gasteiger partial charge is 0.396 e. The van der Waals surface area contributed by atoms with Gasteiger partial charge < -0.3 is 10.6 Å². The Morgan fingerprint density at radius 1 is 1.57 bits per heavy atom. The number of hydrogen-bond acceptors (Lipinski definition) is 4. The number of pyridine rings is 1. The molecule has 0 amide bonds. The Morgan fingerprint density at radius 3 is 2.93 bits per heavy atom. The molecule has 0 fully saturated rings. The topological polar surface area (TPSA) is 65.9 Å². The summed E-state index contributed by atoms with van der Waals surface area (Å²) in [4.78, 5) is 6.21. The zero-order valence-corrected chi connectivity index (χ0v) is 8.49. The third-order valence-electron chi connectivity index (χ3n) is 1.97. The zero-order chi connectivity index (χ0) is 10.6. The highest BCUT2D eigenvalue weighted by atomic mass is 15.2. The minimum Gasteiger partial charge on any atom is -0.396 e. The van der Waals surface area contributed by atoms with Gasteiger partial charge >= 0.3 is 0 Å². The van der Waals surface area contributed by atoms with Crippen molar-refractivity contribution >= 4 is 11.5 Å². The number of rotatable bonds is 3. The molecule has 0 spiro atoms. The van der Waals surface area contributed by atoms with E-state index in [1.54, 1.807) is 0 Å². The number of nitriles is 1. The van der Waals surface area contributed by atoms with Crippen molar-refractivity contribution in [3.05, 3.63) is 17.8 Å². The summed E-state index contributed by atoms with van der Waals surface area (Å²) in [5, 5.41) is 8.46. The van der Waals surface area contributed by atoms with Gasteiger partial charge in [-0.3, -0.25) is 0 Å². The predicted molar refractivity (Wildman–Crippen MR) is 56.9 cm³/mol. The van der Waals surface area contributed by atoms with Gasteiger partial charge in [0.05, 0.1) is 18.2 Å². The number of nitrogens with two attached hydrogens (primary N) is 1. The van der Waals surface area contributed by atoms with Crippen molar-refractivity contribution in [2.75, 3.05) is 24.2 Å². The van der Waals surface area contributed by atoms with E-state index in [1.807, 2.05) is 31.0 Å². The van der Waals surface area contributed by atoms with Crippen molar-refractivity contribution < 1.29 is 0 Å². The second kappa shape index (κ2) is 4.47. The molecule has 0 bridgehead atoms. The van der Waals surface area contributed by atoms with E-state index < -0.39 is 0 Å². The number of aromatic nitrogens is 1. The molecule has 4 nitrogen and oxygen atoms in total. The highest BCUT2D eigenvalue weighted by molar-refractivity contribution is 5.62. The van der Waals surface area contributed by atoms with Gasteiger partial charge in [-0.05, 0) is 19.1 Å². The Hall–Kier alpha value is -1.76. The van der Waals surface area contributed by atoms with Gasteiger partial charge in [0.2, 0.25) is 0 Å². The van der Waals surface area contributed by atoms with Crippen LogP contribution in [0.5, 0.6) is 0 Å². The molecule has 0 unspecified atom stereocenters. The first-order valence-corrected chi connectivity index (χ1v) is 4.46. The van der Waals surface area contributed by atoms with Crippen molar-refractivity contribution in [3.63, 3.8) is 0 Å². The van der Waals surface area contributed by atoms with E-state index in [-0.39, 0.29) is 0 Å². The molecular formula is C10H14N4. The van der Waals surface area contributed by atoms with E-state index >= 15 is 0 Å². The molecule has 1 aromatic rings. The SMILES string of the molecule is Cc1ccc(N)c(N(C)CCC#N)n1. The number of aryl methyl sites for hydroxylation is 1. The lowest BCUT2D eigenvalue weighted by molar-refractivity contribution is 0.882. The third-order valence-corrected chi connectivity index (χ3v) is 1.97. The third kappa shape index (κ3) is 2.36. The molecule has 2 N–H and O–H groups in total. The smallest absolute Gasteiger partial charge is 0.151 e. The van der Waals surface area contributed by atoms with Crippen LogP contribution in [0.25, 0.3) is 0 Å². The van der Waals surface area contributed by atoms with Crippen molar-refractivity contribution in [2.45, 2.75) is 13.3 Å². The van der Waals surface area contributed by atoms with E-state index in [9.17, 15) is 0 Å². The lowest BCUT2D eigenvalue weighted by Crippen LogP contribution is -2.20. The Morgan fingerprint density at radius 2 is 2.29 bits per heavy atom. The summed E-state index contributed by atoms with van der Waals surface area (Å²) in [5.74, 6) is 0.750. The van der Waals surface area contributed by atoms with Gasteiger partial charge in [0.1, 0.15) is 0 Å². The summed E-state index contributed by atoms with van der Waals surface area (Å²) >= 11 is 0. The summed E-state index contributed by atoms with van der Waals surface area (Å²) < 4.78 is 0. The number of nitrogens with zero attached hydrogens (tertiary/aromatic N) is 3. The van der Waals surface area contributed by atoms with E-state index in [1.165, 1.54) is 0 Å². The molecule has 0 aromatic carbocycles. The first kappa shape index (κ1) is 10.3. The normalized spacial score (nSPS) is 9.50. The molecule has 0 saturated carbocycles. The first-order chi connectivity index (χ1) is 6.65. The van der Waals surface area contributed by atoms with Crippen LogP contribution in [0, 0.1) is 18.3 Å². The highest BCUT2D eigenvalue weighted by Crippen LogP contribution is 2.19. The summed E-state index contributed by atoms with van der Waals surface area (Å²) in [6.07, 6.45) is 0.478. The standard InChI is InChI=1S/C10H14N4/c1-8-4-5-9(12)10(13-8)14(2)7-3-6-11/h4-5H,3,7,12H2,1-2H3. The Labute approximate surface area is 84.0 Å². The summed E-state index contributed by atoms with van der Waals surface area (Å²) in [7, 11) is 1.88. The van der Waals surface area contributed by atoms with Crippen LogP contribution in [-0.2, 0) is 0 Å². The van der Waals surface area contributed by atoms with Crippen LogP contribution < -0.4 is 10.6 Å². The molecule has 74 valence electrons. The van der Waals surface area contributed by atoms with Crippen molar-refractivity contribution in [2.24, 2.45) is 0 Å². The summed E-state index contributed by atoms with van der Waals surface area (Å²) in [5.41, 5.74) is 7.35. The number of nitrogen functional groups attached to an aromatic ring is 1. The molecule has 0 saturated heterocycles. The molecular weight excluding hydrogens is 176 g/mol. The van der Waals surface area contributed by atoms with Crippen LogP contribution in [0.4, 0.5) is 11.5 Å². The second-order valence-electron chi connectivity index (χ2n) is 3.20. The Balaban J connectivity index is 2.83. The monoisotopic (exact) mass is 190 g/mol. The van der Waals surface area contributed by atoms with Crippen LogP contribution in [0.3, 0.4) is 0 Å². The van der Waals surface area contributed by atoms with Crippen molar-refractivity contribution in [3.8, 4) is 6.07 Å². The van der Waals surface area contributed by atoms with Crippen LogP contribution >= 0.6 is 0 Å². The average Bonchev–Trinajstić information content (AvgIpc) is 2.18. The van der Waals surface area contributed by atoms with Gasteiger partial charge in [-0.15, -0.1) is 0 Å². The molecule has 1 aromatic heterocycles. The first-order valence-electron chi connectivity index (χ1n) is 4.46. The molecule has 0 aliphatic carbocycles. The zero-order valence-electron chi connectivity index (χ0n) is 8.49. The van der Waals surface area contributed by atoms with E-state index in [0.29, 0.717) is 18.7 Å². The molecule has 4 heteroatoms. The molecule has 1 rings (SSSR count). The molecule has 1 heterocycles. The van der Waals surface area contributed by atoms with Gasteiger partial charge in [-0.1, -0.05) is 0 Å². The Bertz CT molecular complexity index is 354. The fraction of sp³-hybridized carbons (Fsp3) is 0.400. The van der Waals surface area contributed by atoms with Crippen LogP contribution in [0.1, 0.15) is 12.1 Å². The molecule has 0 atom stereocenters. The fourth-order valence-electron chi connectivity index (χ4n) is 1.18. The van der Waals surface area contributed by atoms with E-state index in [4.69, 9.17) is 11.0 Å². The summed E-state index contributed by atoms with van der Waals surface area (Å²) in [6, 6.07) is 5.80. The average molecular weight is 190 g/mol. The maximum atomic E-state index is 8.46. The van der Waals surface area contributed by atoms with Gasteiger partial charge in [0.15, 0.2) is 5.82 Å². The lowest BCUT2D eigenvalue weighted by atomic mass is 10.3. The van der Waals surface area contributed by atoms with Crippen molar-refractivity contribution in [1.29, 1.82) is 5.26 Å². The molecule has 0 aliphatic heterocycles. The number of hydrogen-bond donors (Lipinski definition) is 1. The van der Waals surface area contributed by atoms with Gasteiger partial charge in [0.25, 0.3) is 0 Å². The maximum absolute atomic E-state index is 8.46. The van der Waals surface area contributed by atoms with Gasteiger partial charge in [-0.2, -0.15) is 5.26 Å². The quantitative estimate of drug-likeness (QED) is 0.780. The Kier molecular flexibility index (Phi) is 3.29. The lowest BCUT2D eigenvalue weighted by Gasteiger charge is -2.18. The molecule has 0 aliphatic rings. The maximum Gasteiger partial charge on any atom is 0.151 e. The molecule has 0 radical (unpaired) electrons. The highest BCUT2D eigenvalue weighted by Gasteiger charge is 2.06. The predicted octanol–water partition coefficient (Wildman–Crippen LogP) is 1.32. The van der Waals surface area contributed by atoms with Gasteiger partial charge in [-0.25, -0.2) is 4.98 Å². The summed E-state index contributed by atoms with van der Waals surface area (Å²) in [6.45, 7) is 2.57. The fourth-order valence-corrected chi connectivity index (χ4v) is 1.18. The molecule has 14 heavy (non-hydrogen) atoms. The minimum absolute atomic E-state index is 0.478. The van der Waals surface area contributed by atoms with Crippen LogP contribution in [0.2, 0.25) is 0 Å². The van der Waals surface area contributed by atoms with E-state index in [0.717, 1.165) is 11.5 Å². The van der Waals surface area contributed by atoms with E-state index in [2.05, 4.69) is 11.1 Å². The van der Waals surface area contributed by atoms with Crippen molar-refractivity contribution in [1.82, 2.24) is 4.98 Å². The second-order valence-corrected chi connectivity index (χ2v) is 3.20. The van der Waals surface area contributed by atoms with Crippen LogP contribution in [0.15, 0.2) is 12.1 Å². The number of anilines is 2. The van der Waals surface area contributed by atoms with Crippen LogP contribution in [-0.4, -0.2) is 18.6 Å². The van der Waals surface area contributed by atoms with Gasteiger partial charge in [0, 0.05) is 19.3 Å². The minimum atomic E-state index is 0.478.